The number of hydrogen-bond acceptors (Lipinski definition) is 7. The zero-order valence-corrected chi connectivity index (χ0v) is 18.3. The Bertz CT molecular complexity index is 1250. The van der Waals surface area contributed by atoms with E-state index in [0.717, 1.165) is 41.0 Å². The molecule has 4 aromatic rings. The van der Waals surface area contributed by atoms with E-state index < -0.39 is 0 Å². The third-order valence-electron chi connectivity index (χ3n) is 6.61. The standard InChI is InChI=1S/C23H25N9/c1-3-18-22-29-28-15(2)31(22)19-14-26-23(27-21(19)32(18)17-6-4-5-7-17)30-13-12-25-20(30)16-8-10-24-11-9-16/h8-14,17-18H,3-7H2,1-2H3. The molecule has 2 aliphatic rings. The van der Waals surface area contributed by atoms with E-state index in [9.17, 15) is 0 Å². The first-order valence-electron chi connectivity index (χ1n) is 11.3. The summed E-state index contributed by atoms with van der Waals surface area (Å²) in [5.74, 6) is 4.21. The Morgan fingerprint density at radius 3 is 2.62 bits per heavy atom. The number of fused-ring (bicyclic) bond motifs is 3. The lowest BCUT2D eigenvalue weighted by atomic mass is 10.0. The molecule has 0 N–H and O–H groups in total. The van der Waals surface area contributed by atoms with Crippen molar-refractivity contribution in [2.24, 2.45) is 0 Å². The van der Waals surface area contributed by atoms with Crippen molar-refractivity contribution in [3.8, 4) is 23.0 Å². The van der Waals surface area contributed by atoms with Crippen LogP contribution in [0.4, 0.5) is 5.82 Å². The van der Waals surface area contributed by atoms with E-state index in [1.165, 1.54) is 25.7 Å². The van der Waals surface area contributed by atoms with Gasteiger partial charge in [0.05, 0.1) is 12.2 Å². The predicted molar refractivity (Wildman–Crippen MR) is 120 cm³/mol. The zero-order chi connectivity index (χ0) is 21.7. The summed E-state index contributed by atoms with van der Waals surface area (Å²) in [6.07, 6.45) is 14.9. The van der Waals surface area contributed by atoms with Crippen LogP contribution in [-0.2, 0) is 0 Å². The van der Waals surface area contributed by atoms with Crippen LogP contribution < -0.4 is 4.90 Å². The summed E-state index contributed by atoms with van der Waals surface area (Å²) in [6.45, 7) is 4.20. The minimum atomic E-state index is 0.150. The molecule has 1 fully saturated rings. The average molecular weight is 428 g/mol. The van der Waals surface area contributed by atoms with Gasteiger partial charge in [-0.05, 0) is 38.3 Å². The highest BCUT2D eigenvalue weighted by Crippen LogP contribution is 2.43. The van der Waals surface area contributed by atoms with Crippen molar-refractivity contribution in [2.75, 3.05) is 4.90 Å². The molecule has 0 spiro atoms. The van der Waals surface area contributed by atoms with Gasteiger partial charge in [-0.1, -0.05) is 19.8 Å². The monoisotopic (exact) mass is 427 g/mol. The smallest absolute Gasteiger partial charge is 0.237 e. The van der Waals surface area contributed by atoms with Gasteiger partial charge in [0.2, 0.25) is 5.95 Å². The summed E-state index contributed by atoms with van der Waals surface area (Å²) in [6, 6.07) is 4.50. The summed E-state index contributed by atoms with van der Waals surface area (Å²) >= 11 is 0. The normalized spacial score (nSPS) is 18.1. The zero-order valence-electron chi connectivity index (χ0n) is 18.3. The maximum atomic E-state index is 5.13. The minimum Gasteiger partial charge on any atom is -0.341 e. The average Bonchev–Trinajstić information content (AvgIpc) is 3.60. The molecule has 1 saturated carbocycles. The van der Waals surface area contributed by atoms with Crippen molar-refractivity contribution in [1.82, 2.24) is 39.3 Å². The number of rotatable bonds is 4. The highest BCUT2D eigenvalue weighted by atomic mass is 15.4. The molecule has 9 nitrogen and oxygen atoms in total. The van der Waals surface area contributed by atoms with E-state index in [1.54, 1.807) is 18.6 Å². The third-order valence-corrected chi connectivity index (χ3v) is 6.61. The SMILES string of the molecule is CCC1c2nnc(C)n2-c2cnc(-n3ccnc3-c3ccncc3)nc2N1C1CCCC1. The molecule has 4 aromatic heterocycles. The lowest BCUT2D eigenvalue weighted by Crippen LogP contribution is -2.42. The van der Waals surface area contributed by atoms with Gasteiger partial charge >= 0.3 is 0 Å². The van der Waals surface area contributed by atoms with Crippen molar-refractivity contribution >= 4 is 5.82 Å². The summed E-state index contributed by atoms with van der Waals surface area (Å²) < 4.78 is 4.06. The molecule has 1 aliphatic heterocycles. The fourth-order valence-corrected chi connectivity index (χ4v) is 5.15. The lowest BCUT2D eigenvalue weighted by molar-refractivity contribution is 0.467. The van der Waals surface area contributed by atoms with Crippen molar-refractivity contribution < 1.29 is 0 Å². The number of anilines is 1. The molecule has 0 saturated heterocycles. The Morgan fingerprint density at radius 2 is 1.84 bits per heavy atom. The highest BCUT2D eigenvalue weighted by Gasteiger charge is 2.39. The van der Waals surface area contributed by atoms with Crippen molar-refractivity contribution in [2.45, 2.75) is 58.0 Å². The molecule has 6 rings (SSSR count). The quantitative estimate of drug-likeness (QED) is 0.489. The number of pyridine rings is 1. The van der Waals surface area contributed by atoms with Gasteiger partial charge in [0.25, 0.3) is 0 Å². The van der Waals surface area contributed by atoms with Gasteiger partial charge in [0.1, 0.15) is 17.3 Å². The molecule has 162 valence electrons. The number of nitrogens with zero attached hydrogens (tertiary/aromatic N) is 9. The first-order chi connectivity index (χ1) is 15.8. The van der Waals surface area contributed by atoms with E-state index >= 15 is 0 Å². The Kier molecular flexibility index (Phi) is 4.48. The molecule has 0 bridgehead atoms. The maximum Gasteiger partial charge on any atom is 0.237 e. The highest BCUT2D eigenvalue weighted by molar-refractivity contribution is 5.64. The second kappa shape index (κ2) is 7.51. The van der Waals surface area contributed by atoms with Crippen LogP contribution in [0.25, 0.3) is 23.0 Å². The molecule has 0 aromatic carbocycles. The number of aryl methyl sites for hydroxylation is 1. The van der Waals surface area contributed by atoms with Crippen LogP contribution in [0.3, 0.4) is 0 Å². The second-order valence-electron chi connectivity index (χ2n) is 8.45. The Labute approximate surface area is 186 Å². The van der Waals surface area contributed by atoms with E-state index in [1.807, 2.05) is 36.0 Å². The Hall–Kier alpha value is -3.62. The summed E-state index contributed by atoms with van der Waals surface area (Å²) in [5, 5.41) is 8.94. The van der Waals surface area contributed by atoms with E-state index in [2.05, 4.69) is 36.6 Å². The minimum absolute atomic E-state index is 0.150. The molecular weight excluding hydrogens is 402 g/mol. The van der Waals surface area contributed by atoms with Crippen molar-refractivity contribution in [3.05, 3.63) is 54.8 Å². The van der Waals surface area contributed by atoms with Crippen LogP contribution in [0.1, 0.15) is 56.7 Å². The van der Waals surface area contributed by atoms with Crippen LogP contribution in [-0.4, -0.2) is 45.3 Å². The first-order valence-corrected chi connectivity index (χ1v) is 11.3. The molecule has 1 unspecified atom stereocenters. The van der Waals surface area contributed by atoms with Gasteiger partial charge in [0.15, 0.2) is 11.6 Å². The van der Waals surface area contributed by atoms with Gasteiger partial charge in [-0.15, -0.1) is 10.2 Å². The third kappa shape index (κ3) is 2.84. The van der Waals surface area contributed by atoms with E-state index in [-0.39, 0.29) is 6.04 Å². The second-order valence-corrected chi connectivity index (χ2v) is 8.45. The molecule has 1 atom stereocenters. The van der Waals surface area contributed by atoms with Crippen molar-refractivity contribution in [1.29, 1.82) is 0 Å². The fourth-order valence-electron chi connectivity index (χ4n) is 5.15. The number of aromatic nitrogens is 8. The first kappa shape index (κ1) is 19.1. The van der Waals surface area contributed by atoms with Crippen LogP contribution in [0.2, 0.25) is 0 Å². The van der Waals surface area contributed by atoms with Crippen LogP contribution in [0.15, 0.2) is 43.1 Å². The van der Waals surface area contributed by atoms with Gasteiger partial charge < -0.3 is 4.90 Å². The van der Waals surface area contributed by atoms with Crippen molar-refractivity contribution in [3.63, 3.8) is 0 Å². The maximum absolute atomic E-state index is 5.13. The fraction of sp³-hybridized carbons (Fsp3) is 0.391. The molecule has 5 heterocycles. The molecule has 1 aliphatic carbocycles. The van der Waals surface area contributed by atoms with E-state index in [4.69, 9.17) is 9.97 Å². The molecule has 0 amide bonds. The topological polar surface area (TPSA) is 90.4 Å². The van der Waals surface area contributed by atoms with Gasteiger partial charge in [0, 0.05) is 36.4 Å². The molecule has 0 radical (unpaired) electrons. The molecule has 9 heteroatoms. The van der Waals surface area contributed by atoms with Gasteiger partial charge in [-0.2, -0.15) is 4.98 Å². The molecular formula is C23H25N9. The van der Waals surface area contributed by atoms with Crippen LogP contribution in [0, 0.1) is 6.92 Å². The number of imidazole rings is 1. The van der Waals surface area contributed by atoms with Gasteiger partial charge in [-0.25, -0.2) is 9.97 Å². The van der Waals surface area contributed by atoms with Crippen LogP contribution in [0.5, 0.6) is 0 Å². The predicted octanol–water partition coefficient (Wildman–Crippen LogP) is 3.83. The number of hydrogen-bond donors (Lipinski definition) is 0. The lowest BCUT2D eigenvalue weighted by Gasteiger charge is -2.41. The summed E-state index contributed by atoms with van der Waals surface area (Å²) in [7, 11) is 0. The van der Waals surface area contributed by atoms with E-state index in [0.29, 0.717) is 12.0 Å². The molecule has 32 heavy (non-hydrogen) atoms. The largest absolute Gasteiger partial charge is 0.341 e. The van der Waals surface area contributed by atoms with Gasteiger partial charge in [-0.3, -0.25) is 14.1 Å². The Balaban J connectivity index is 1.53. The summed E-state index contributed by atoms with van der Waals surface area (Å²) in [4.78, 5) is 21.0. The Morgan fingerprint density at radius 1 is 1.03 bits per heavy atom. The summed E-state index contributed by atoms with van der Waals surface area (Å²) in [5.41, 5.74) is 1.93. The van der Waals surface area contributed by atoms with Crippen LogP contribution >= 0.6 is 0 Å².